The van der Waals surface area contributed by atoms with Crippen molar-refractivity contribution in [3.8, 4) is 0 Å². The topological polar surface area (TPSA) is 225 Å². The normalized spacial score (nSPS) is 31.7. The summed E-state index contributed by atoms with van der Waals surface area (Å²) in [7, 11) is 0. The van der Waals surface area contributed by atoms with Crippen LogP contribution in [-0.2, 0) is 28.5 Å². The zero-order chi connectivity index (χ0) is 35.3. The lowest BCUT2D eigenvalue weighted by atomic mass is 9.98. The van der Waals surface area contributed by atoms with Gasteiger partial charge in [-0.25, -0.2) is 0 Å². The summed E-state index contributed by atoms with van der Waals surface area (Å²) in [6.45, 7) is 0.295. The van der Waals surface area contributed by atoms with E-state index in [1.54, 1.807) is 0 Å². The highest BCUT2D eigenvalue weighted by molar-refractivity contribution is 5.69. The molecular weight excluding hydrogens is 632 g/mol. The lowest BCUT2D eigenvalue weighted by Crippen LogP contribution is -2.61. The summed E-state index contributed by atoms with van der Waals surface area (Å²) in [5.41, 5.74) is 0. The third kappa shape index (κ3) is 15.7. The van der Waals surface area contributed by atoms with Gasteiger partial charge in [0, 0.05) is 6.42 Å². The number of aliphatic hydroxyl groups is 8. The molecule has 0 spiro atoms. The summed E-state index contributed by atoms with van der Waals surface area (Å²) in [5, 5.41) is 80.4. The molecular formula is C34H62O14. The largest absolute Gasteiger partial charge is 0.463 e. The number of carbonyl (C=O) groups excluding carboxylic acids is 1. The Kier molecular flexibility index (Phi) is 22.2. The molecule has 2 fully saturated rings. The average molecular weight is 695 g/mol. The van der Waals surface area contributed by atoms with E-state index in [1.165, 1.54) is 57.8 Å². The molecule has 0 aromatic rings. The maximum Gasteiger partial charge on any atom is 0.305 e. The van der Waals surface area contributed by atoms with Gasteiger partial charge in [-0.15, -0.1) is 0 Å². The summed E-state index contributed by atoms with van der Waals surface area (Å²) in [6, 6.07) is 0. The fourth-order valence-electron chi connectivity index (χ4n) is 5.62. The predicted octanol–water partition coefficient (Wildman–Crippen LogP) is 0.959. The molecule has 14 heteroatoms. The molecule has 0 amide bonds. The monoisotopic (exact) mass is 694 g/mol. The van der Waals surface area contributed by atoms with Crippen molar-refractivity contribution in [3.05, 3.63) is 12.2 Å². The first-order chi connectivity index (χ1) is 23.1. The minimum atomic E-state index is -1.72. The Balaban J connectivity index is 1.55. The molecule has 2 saturated heterocycles. The van der Waals surface area contributed by atoms with E-state index in [1.807, 2.05) is 0 Å². The molecule has 2 heterocycles. The van der Waals surface area contributed by atoms with Crippen LogP contribution < -0.4 is 0 Å². The smallest absolute Gasteiger partial charge is 0.305 e. The van der Waals surface area contributed by atoms with E-state index in [9.17, 15) is 45.6 Å². The maximum atomic E-state index is 12.1. The van der Waals surface area contributed by atoms with Gasteiger partial charge in [0.15, 0.2) is 12.6 Å². The van der Waals surface area contributed by atoms with Gasteiger partial charge >= 0.3 is 5.97 Å². The third-order valence-corrected chi connectivity index (χ3v) is 8.72. The predicted molar refractivity (Wildman–Crippen MR) is 173 cm³/mol. The lowest BCUT2D eigenvalue weighted by Gasteiger charge is -2.42. The van der Waals surface area contributed by atoms with Crippen LogP contribution in [0.15, 0.2) is 12.2 Å². The van der Waals surface area contributed by atoms with Crippen LogP contribution in [0.3, 0.4) is 0 Å². The number of esters is 1. The minimum absolute atomic E-state index is 0.236. The van der Waals surface area contributed by atoms with Gasteiger partial charge in [-0.1, -0.05) is 76.9 Å². The second kappa shape index (κ2) is 24.8. The Morgan fingerprint density at radius 3 is 1.73 bits per heavy atom. The van der Waals surface area contributed by atoms with Crippen LogP contribution in [0.1, 0.15) is 103 Å². The molecule has 6 unspecified atom stereocenters. The molecule has 11 atom stereocenters. The number of ether oxygens (including phenoxy) is 5. The van der Waals surface area contributed by atoms with Crippen molar-refractivity contribution in [2.45, 2.75) is 171 Å². The van der Waals surface area contributed by atoms with Gasteiger partial charge in [0.1, 0.15) is 61.5 Å². The van der Waals surface area contributed by atoms with Crippen LogP contribution in [0.25, 0.3) is 0 Å². The van der Waals surface area contributed by atoms with Gasteiger partial charge in [0.05, 0.1) is 19.8 Å². The van der Waals surface area contributed by atoms with E-state index >= 15 is 0 Å². The number of aliphatic hydroxyl groups excluding tert-OH is 8. The number of carbonyl (C=O) groups is 1. The van der Waals surface area contributed by atoms with Crippen LogP contribution in [0.5, 0.6) is 0 Å². The van der Waals surface area contributed by atoms with Crippen LogP contribution in [-0.4, -0.2) is 141 Å². The Labute approximate surface area is 284 Å². The minimum Gasteiger partial charge on any atom is -0.463 e. The molecule has 0 radical (unpaired) electrons. The quantitative estimate of drug-likeness (QED) is 0.0379. The number of rotatable bonds is 25. The Bertz CT molecular complexity index is 860. The van der Waals surface area contributed by atoms with E-state index in [0.717, 1.165) is 25.7 Å². The molecule has 0 bridgehead atoms. The molecule has 48 heavy (non-hydrogen) atoms. The standard InChI is InChI=1S/C34H62O14/c1-2-3-4-5-6-7-8-9-10-11-12-13-14-15-16-17-18-26(37)44-20-23(36)21-45-33-32(43)30(41)28(39)25(48-33)22-46-34-31(42)29(40)27(38)24(19-35)47-34/h9-10,23-25,27-36,38-43H,2-8,11-22H2,1H3/b10-9-/t23?,24-,25?,27?,28-,29+,30?,31?,32-,33?,34-/m1/s1. The van der Waals surface area contributed by atoms with E-state index in [2.05, 4.69) is 19.1 Å². The molecule has 282 valence electrons. The second-order valence-electron chi connectivity index (χ2n) is 12.9. The van der Waals surface area contributed by atoms with E-state index in [0.29, 0.717) is 6.42 Å². The number of unbranched alkanes of at least 4 members (excludes halogenated alkanes) is 12. The summed E-state index contributed by atoms with van der Waals surface area (Å²) >= 11 is 0. The third-order valence-electron chi connectivity index (χ3n) is 8.72. The number of allylic oxidation sites excluding steroid dienone is 2. The highest BCUT2D eigenvalue weighted by Gasteiger charge is 2.47. The van der Waals surface area contributed by atoms with E-state index < -0.39 is 93.3 Å². The van der Waals surface area contributed by atoms with E-state index in [4.69, 9.17) is 23.7 Å². The Morgan fingerprint density at radius 2 is 1.15 bits per heavy atom. The van der Waals surface area contributed by atoms with Crippen molar-refractivity contribution >= 4 is 5.97 Å². The average Bonchev–Trinajstić information content (AvgIpc) is 3.08. The van der Waals surface area contributed by atoms with Crippen molar-refractivity contribution in [3.63, 3.8) is 0 Å². The zero-order valence-electron chi connectivity index (χ0n) is 28.5. The summed E-state index contributed by atoms with van der Waals surface area (Å²) in [6.07, 6.45) is 4.41. The maximum absolute atomic E-state index is 12.1. The molecule has 2 aliphatic heterocycles. The van der Waals surface area contributed by atoms with E-state index in [-0.39, 0.29) is 13.0 Å². The summed E-state index contributed by atoms with van der Waals surface area (Å²) in [4.78, 5) is 12.1. The number of hydrogen-bond donors (Lipinski definition) is 8. The highest BCUT2D eigenvalue weighted by atomic mass is 16.7. The first-order valence-electron chi connectivity index (χ1n) is 17.8. The molecule has 8 N–H and O–H groups in total. The van der Waals surface area contributed by atoms with Gasteiger partial charge in [0.2, 0.25) is 0 Å². The van der Waals surface area contributed by atoms with Crippen molar-refractivity contribution in [1.82, 2.24) is 0 Å². The fourth-order valence-corrected chi connectivity index (χ4v) is 5.62. The summed E-state index contributed by atoms with van der Waals surface area (Å²) in [5.74, 6) is -0.442. The molecule has 14 nitrogen and oxygen atoms in total. The van der Waals surface area contributed by atoms with Gasteiger partial charge in [-0.3, -0.25) is 4.79 Å². The van der Waals surface area contributed by atoms with Crippen LogP contribution in [0.4, 0.5) is 0 Å². The Morgan fingerprint density at radius 1 is 0.646 bits per heavy atom. The van der Waals surface area contributed by atoms with Gasteiger partial charge in [0.25, 0.3) is 0 Å². The van der Waals surface area contributed by atoms with Crippen LogP contribution in [0.2, 0.25) is 0 Å². The second-order valence-corrected chi connectivity index (χ2v) is 12.9. The molecule has 0 aromatic carbocycles. The molecule has 0 aromatic heterocycles. The summed E-state index contributed by atoms with van der Waals surface area (Å²) < 4.78 is 26.6. The molecule has 2 rings (SSSR count). The fraction of sp³-hybridized carbons (Fsp3) is 0.912. The zero-order valence-corrected chi connectivity index (χ0v) is 28.5. The SMILES string of the molecule is CCCCCCCC/C=C\CCCCCCCCC(=O)OCC(O)COC1OC(CO[C@@H]2O[C@H](CO)C(O)[C@H](O)C2O)[C@@H](O)C(O)[C@H]1O. The lowest BCUT2D eigenvalue weighted by molar-refractivity contribution is -0.332. The molecule has 0 aliphatic carbocycles. The van der Waals surface area contributed by atoms with Crippen molar-refractivity contribution < 1.29 is 69.3 Å². The van der Waals surface area contributed by atoms with Gasteiger partial charge < -0.3 is 64.5 Å². The van der Waals surface area contributed by atoms with Gasteiger partial charge in [-0.2, -0.15) is 0 Å². The van der Waals surface area contributed by atoms with Crippen molar-refractivity contribution in [2.75, 3.05) is 26.4 Å². The van der Waals surface area contributed by atoms with Gasteiger partial charge in [-0.05, 0) is 32.1 Å². The Hall–Kier alpha value is -1.27. The van der Waals surface area contributed by atoms with Crippen molar-refractivity contribution in [2.24, 2.45) is 0 Å². The van der Waals surface area contributed by atoms with Crippen LogP contribution in [0, 0.1) is 0 Å². The molecule has 2 aliphatic rings. The van der Waals surface area contributed by atoms with Crippen LogP contribution >= 0.6 is 0 Å². The first-order valence-corrected chi connectivity index (χ1v) is 17.8. The van der Waals surface area contributed by atoms with Crippen molar-refractivity contribution in [1.29, 1.82) is 0 Å². The number of hydrogen-bond acceptors (Lipinski definition) is 14. The molecule has 0 saturated carbocycles. The highest BCUT2D eigenvalue weighted by Crippen LogP contribution is 2.26. The first kappa shape index (κ1) is 42.9.